The lowest BCUT2D eigenvalue weighted by Crippen LogP contribution is -2.36. The Morgan fingerprint density at radius 3 is 2.48 bits per heavy atom. The van der Waals surface area contributed by atoms with E-state index in [0.717, 1.165) is 11.1 Å². The van der Waals surface area contributed by atoms with Crippen LogP contribution in [0.25, 0.3) is 5.69 Å². The van der Waals surface area contributed by atoms with Crippen LogP contribution < -0.4 is 10.6 Å². The third-order valence-electron chi connectivity index (χ3n) is 4.63. The maximum atomic E-state index is 14.4. The molecule has 8 heteroatoms. The van der Waals surface area contributed by atoms with Crippen molar-refractivity contribution in [2.24, 2.45) is 4.99 Å². The summed E-state index contributed by atoms with van der Waals surface area (Å²) >= 11 is 0. The van der Waals surface area contributed by atoms with Crippen molar-refractivity contribution in [3.05, 3.63) is 83.7 Å². The Morgan fingerprint density at radius 2 is 1.87 bits per heavy atom. The highest BCUT2D eigenvalue weighted by Crippen LogP contribution is 2.15. The van der Waals surface area contributed by atoms with Gasteiger partial charge < -0.3 is 20.1 Å². The number of hydrogen-bond donors (Lipinski definition) is 2. The van der Waals surface area contributed by atoms with Gasteiger partial charge in [0.15, 0.2) is 5.96 Å². The van der Waals surface area contributed by atoms with E-state index in [1.165, 1.54) is 6.07 Å². The minimum absolute atomic E-state index is 0.0271. The maximum absolute atomic E-state index is 14.4. The molecule has 1 amide bonds. The van der Waals surface area contributed by atoms with Crippen LogP contribution in [0.2, 0.25) is 0 Å². The second-order valence-electron chi connectivity index (χ2n) is 7.20. The topological polar surface area (TPSA) is 74.5 Å². The van der Waals surface area contributed by atoms with Gasteiger partial charge in [-0.25, -0.2) is 14.4 Å². The molecule has 0 radical (unpaired) electrons. The Balaban J connectivity index is 1.62. The molecule has 1 aromatic heterocycles. The fourth-order valence-electron chi connectivity index (χ4n) is 2.98. The maximum Gasteiger partial charge on any atom is 0.253 e. The number of carbonyl (C=O) groups is 1. The van der Waals surface area contributed by atoms with Crippen molar-refractivity contribution in [2.45, 2.75) is 20.0 Å². The highest BCUT2D eigenvalue weighted by Gasteiger charge is 2.08. The second-order valence-corrected chi connectivity index (χ2v) is 7.20. The Labute approximate surface area is 181 Å². The summed E-state index contributed by atoms with van der Waals surface area (Å²) in [6.45, 7) is 3.58. The molecular formula is C23H27FN6O. The molecule has 0 unspecified atom stereocenters. The number of aliphatic imine (C=N–C) groups is 1. The molecule has 2 N–H and O–H groups in total. The summed E-state index contributed by atoms with van der Waals surface area (Å²) in [5.74, 6) is 0.284. The predicted octanol–water partition coefficient (Wildman–Crippen LogP) is 2.97. The molecule has 0 aliphatic rings. The van der Waals surface area contributed by atoms with Gasteiger partial charge in [0.05, 0.1) is 18.6 Å². The smallest absolute Gasteiger partial charge is 0.253 e. The average molecular weight is 423 g/mol. The number of guanidine groups is 1. The number of nitrogens with one attached hydrogen (secondary N) is 2. The molecule has 2 aromatic carbocycles. The van der Waals surface area contributed by atoms with Gasteiger partial charge in [0.1, 0.15) is 5.82 Å². The van der Waals surface area contributed by atoms with E-state index in [-0.39, 0.29) is 11.7 Å². The Morgan fingerprint density at radius 1 is 1.13 bits per heavy atom. The zero-order valence-electron chi connectivity index (χ0n) is 18.0. The zero-order valence-corrected chi connectivity index (χ0v) is 18.0. The fraction of sp³-hybridized carbons (Fsp3) is 0.261. The molecule has 0 spiro atoms. The van der Waals surface area contributed by atoms with E-state index in [2.05, 4.69) is 20.6 Å². The highest BCUT2D eigenvalue weighted by molar-refractivity contribution is 5.93. The van der Waals surface area contributed by atoms with Gasteiger partial charge in [-0.1, -0.05) is 18.2 Å². The number of halogens is 1. The van der Waals surface area contributed by atoms with Gasteiger partial charge in [0.25, 0.3) is 5.91 Å². The van der Waals surface area contributed by atoms with E-state index < -0.39 is 0 Å². The summed E-state index contributed by atoms with van der Waals surface area (Å²) in [6, 6.07) is 12.5. The quantitative estimate of drug-likeness (QED) is 0.454. The predicted molar refractivity (Wildman–Crippen MR) is 120 cm³/mol. The first-order valence-electron chi connectivity index (χ1n) is 10.1. The van der Waals surface area contributed by atoms with Gasteiger partial charge in [-0.05, 0) is 42.3 Å². The molecule has 0 aliphatic carbocycles. The van der Waals surface area contributed by atoms with Crippen molar-refractivity contribution in [1.29, 1.82) is 0 Å². The normalized spacial score (nSPS) is 11.3. The van der Waals surface area contributed by atoms with Crippen molar-refractivity contribution in [3.8, 4) is 5.69 Å². The first-order valence-corrected chi connectivity index (χ1v) is 10.1. The minimum atomic E-state index is -0.323. The molecule has 31 heavy (non-hydrogen) atoms. The summed E-state index contributed by atoms with van der Waals surface area (Å²) in [6.07, 6.45) is 4.87. The molecule has 0 aliphatic heterocycles. The molecule has 0 fully saturated rings. The fourth-order valence-corrected chi connectivity index (χ4v) is 2.98. The number of benzene rings is 2. The first-order chi connectivity index (χ1) is 15.0. The number of imidazole rings is 1. The number of amides is 1. The van der Waals surface area contributed by atoms with Crippen molar-refractivity contribution in [3.63, 3.8) is 0 Å². The summed E-state index contributed by atoms with van der Waals surface area (Å²) in [5.41, 5.74) is 2.89. The van der Waals surface area contributed by atoms with Crippen molar-refractivity contribution in [1.82, 2.24) is 25.1 Å². The molecule has 7 nitrogen and oxygen atoms in total. The van der Waals surface area contributed by atoms with Crippen LogP contribution in [0.3, 0.4) is 0 Å². The molecule has 0 bridgehead atoms. The van der Waals surface area contributed by atoms with E-state index in [1.54, 1.807) is 48.3 Å². The van der Waals surface area contributed by atoms with Crippen molar-refractivity contribution >= 4 is 11.9 Å². The third-order valence-corrected chi connectivity index (χ3v) is 4.63. The average Bonchev–Trinajstić information content (AvgIpc) is 3.30. The Hall–Kier alpha value is -3.68. The van der Waals surface area contributed by atoms with Crippen molar-refractivity contribution in [2.75, 3.05) is 20.6 Å². The van der Waals surface area contributed by atoms with E-state index >= 15 is 0 Å². The molecular weight excluding hydrogens is 395 g/mol. The largest absolute Gasteiger partial charge is 0.357 e. The van der Waals surface area contributed by atoms with Gasteiger partial charge in [-0.3, -0.25) is 4.79 Å². The molecule has 3 aromatic rings. The zero-order chi connectivity index (χ0) is 22.2. The van der Waals surface area contributed by atoms with Crippen LogP contribution in [0.4, 0.5) is 4.39 Å². The molecule has 1 heterocycles. The Kier molecular flexibility index (Phi) is 7.37. The van der Waals surface area contributed by atoms with E-state index in [4.69, 9.17) is 0 Å². The second kappa shape index (κ2) is 10.4. The number of hydrogen-bond acceptors (Lipinski definition) is 3. The molecule has 0 atom stereocenters. The van der Waals surface area contributed by atoms with Gasteiger partial charge in [0.2, 0.25) is 0 Å². The third kappa shape index (κ3) is 5.91. The molecule has 3 rings (SSSR count). The summed E-state index contributed by atoms with van der Waals surface area (Å²) in [5, 5.41) is 6.45. The number of nitrogens with zero attached hydrogens (tertiary/aromatic N) is 4. The minimum Gasteiger partial charge on any atom is -0.357 e. The number of aromatic nitrogens is 2. The lowest BCUT2D eigenvalue weighted by Gasteiger charge is -2.13. The molecule has 0 saturated carbocycles. The van der Waals surface area contributed by atoms with Crippen LogP contribution in [0.1, 0.15) is 28.4 Å². The molecule has 162 valence electrons. The van der Waals surface area contributed by atoms with Crippen molar-refractivity contribution < 1.29 is 9.18 Å². The van der Waals surface area contributed by atoms with Gasteiger partial charge in [-0.2, -0.15) is 0 Å². The van der Waals surface area contributed by atoms with Gasteiger partial charge in [0, 0.05) is 45.1 Å². The van der Waals surface area contributed by atoms with Crippen LogP contribution in [0, 0.1) is 5.82 Å². The van der Waals surface area contributed by atoms with Gasteiger partial charge in [-0.15, -0.1) is 0 Å². The Bertz CT molecular complexity index is 1030. The summed E-state index contributed by atoms with van der Waals surface area (Å²) in [4.78, 5) is 22.0. The van der Waals surface area contributed by atoms with E-state index in [1.807, 2.05) is 37.3 Å². The van der Waals surface area contributed by atoms with Crippen LogP contribution in [0.15, 0.2) is 66.2 Å². The number of rotatable bonds is 7. The van der Waals surface area contributed by atoms with E-state index in [0.29, 0.717) is 36.8 Å². The standard InChI is InChI=1S/C23H27FN6O/c1-4-26-23(27-14-17-5-8-19(9-6-17)22(31)29(2)3)28-15-18-7-10-21(20(24)13-18)30-12-11-25-16-30/h5-13,16H,4,14-15H2,1-3H3,(H2,26,27,28). The van der Waals surface area contributed by atoms with Crippen LogP contribution in [-0.2, 0) is 13.1 Å². The summed E-state index contributed by atoms with van der Waals surface area (Å²) < 4.78 is 16.1. The lowest BCUT2D eigenvalue weighted by molar-refractivity contribution is 0.0827. The monoisotopic (exact) mass is 422 g/mol. The number of carbonyl (C=O) groups excluding carboxylic acids is 1. The SMILES string of the molecule is CCNC(=NCc1ccc(-n2ccnc2)c(F)c1)NCc1ccc(C(=O)N(C)C)cc1. The first kappa shape index (κ1) is 22.0. The van der Waals surface area contributed by atoms with Crippen LogP contribution in [0.5, 0.6) is 0 Å². The van der Waals surface area contributed by atoms with E-state index in [9.17, 15) is 9.18 Å². The summed E-state index contributed by atoms with van der Waals surface area (Å²) in [7, 11) is 3.46. The molecule has 0 saturated heterocycles. The van der Waals surface area contributed by atoms with Gasteiger partial charge >= 0.3 is 0 Å². The van der Waals surface area contributed by atoms with Crippen LogP contribution >= 0.6 is 0 Å². The van der Waals surface area contributed by atoms with Crippen LogP contribution in [-0.4, -0.2) is 47.0 Å². The highest BCUT2D eigenvalue weighted by atomic mass is 19.1. The lowest BCUT2D eigenvalue weighted by atomic mass is 10.1.